The molecule has 1 aromatic rings. The SMILES string of the molecule is CCCN1CCN(CCCn2cc(CO)nn2)CC1. The molecule has 6 nitrogen and oxygen atoms in total. The van der Waals surface area contributed by atoms with Crippen LogP contribution in [0.2, 0.25) is 0 Å². The molecule has 1 fully saturated rings. The van der Waals surface area contributed by atoms with Crippen LogP contribution in [0.4, 0.5) is 0 Å². The van der Waals surface area contributed by atoms with E-state index in [-0.39, 0.29) is 6.61 Å². The molecule has 0 aliphatic carbocycles. The summed E-state index contributed by atoms with van der Waals surface area (Å²) in [6.45, 7) is 10.2. The zero-order valence-electron chi connectivity index (χ0n) is 11.8. The predicted molar refractivity (Wildman–Crippen MR) is 73.7 cm³/mol. The van der Waals surface area contributed by atoms with Crippen LogP contribution in [-0.2, 0) is 13.2 Å². The van der Waals surface area contributed by atoms with Crippen molar-refractivity contribution in [3.05, 3.63) is 11.9 Å². The van der Waals surface area contributed by atoms with E-state index < -0.39 is 0 Å². The summed E-state index contributed by atoms with van der Waals surface area (Å²) in [6.07, 6.45) is 4.15. The van der Waals surface area contributed by atoms with E-state index in [1.54, 1.807) is 0 Å². The summed E-state index contributed by atoms with van der Waals surface area (Å²) < 4.78 is 1.82. The highest BCUT2D eigenvalue weighted by molar-refractivity contribution is 4.88. The Kier molecular flexibility index (Phi) is 5.75. The fourth-order valence-corrected chi connectivity index (χ4v) is 2.53. The lowest BCUT2D eigenvalue weighted by Gasteiger charge is -2.34. The molecule has 0 radical (unpaired) electrons. The van der Waals surface area contributed by atoms with Crippen LogP contribution in [-0.4, -0.2) is 69.2 Å². The molecule has 2 heterocycles. The zero-order valence-corrected chi connectivity index (χ0v) is 11.8. The second kappa shape index (κ2) is 7.57. The summed E-state index contributed by atoms with van der Waals surface area (Å²) in [5, 5.41) is 16.8. The third-order valence-corrected chi connectivity index (χ3v) is 3.61. The van der Waals surface area contributed by atoms with E-state index in [9.17, 15) is 0 Å². The fourth-order valence-electron chi connectivity index (χ4n) is 2.53. The van der Waals surface area contributed by atoms with E-state index in [1.807, 2.05) is 10.9 Å². The van der Waals surface area contributed by atoms with Crippen molar-refractivity contribution < 1.29 is 5.11 Å². The van der Waals surface area contributed by atoms with Crippen molar-refractivity contribution in [1.29, 1.82) is 0 Å². The van der Waals surface area contributed by atoms with Gasteiger partial charge >= 0.3 is 0 Å². The van der Waals surface area contributed by atoms with E-state index in [0.717, 1.165) is 19.5 Å². The maximum absolute atomic E-state index is 8.92. The minimum absolute atomic E-state index is 0.0284. The molecular formula is C13H25N5O. The normalized spacial score (nSPS) is 18.0. The van der Waals surface area contributed by atoms with Crippen molar-refractivity contribution in [2.75, 3.05) is 39.3 Å². The minimum atomic E-state index is -0.0284. The molecule has 0 bridgehead atoms. The molecule has 1 aliphatic rings. The number of aliphatic hydroxyl groups excluding tert-OH is 1. The molecule has 19 heavy (non-hydrogen) atoms. The lowest BCUT2D eigenvalue weighted by Crippen LogP contribution is -2.46. The summed E-state index contributed by atoms with van der Waals surface area (Å²) in [6, 6.07) is 0. The first-order valence-electron chi connectivity index (χ1n) is 7.26. The predicted octanol–water partition coefficient (Wildman–Crippen LogP) is 0.188. The lowest BCUT2D eigenvalue weighted by molar-refractivity contribution is 0.130. The molecule has 108 valence electrons. The van der Waals surface area contributed by atoms with Crippen LogP contribution in [0.5, 0.6) is 0 Å². The van der Waals surface area contributed by atoms with Gasteiger partial charge in [-0.3, -0.25) is 4.68 Å². The van der Waals surface area contributed by atoms with Gasteiger partial charge in [0.15, 0.2) is 0 Å². The highest BCUT2D eigenvalue weighted by Gasteiger charge is 2.15. The van der Waals surface area contributed by atoms with Crippen molar-refractivity contribution in [2.24, 2.45) is 0 Å². The van der Waals surface area contributed by atoms with Gasteiger partial charge in [-0.2, -0.15) is 0 Å². The van der Waals surface area contributed by atoms with Crippen molar-refractivity contribution in [2.45, 2.75) is 32.9 Å². The van der Waals surface area contributed by atoms with Gasteiger partial charge in [0.25, 0.3) is 0 Å². The van der Waals surface area contributed by atoms with Crippen molar-refractivity contribution in [3.8, 4) is 0 Å². The molecule has 1 N–H and O–H groups in total. The lowest BCUT2D eigenvalue weighted by atomic mass is 10.2. The van der Waals surface area contributed by atoms with Crippen LogP contribution >= 0.6 is 0 Å². The molecule has 6 heteroatoms. The maximum atomic E-state index is 8.92. The number of aryl methyl sites for hydroxylation is 1. The quantitative estimate of drug-likeness (QED) is 0.764. The van der Waals surface area contributed by atoms with Gasteiger partial charge in [-0.15, -0.1) is 5.10 Å². The van der Waals surface area contributed by atoms with Gasteiger partial charge in [-0.25, -0.2) is 0 Å². The minimum Gasteiger partial charge on any atom is -0.390 e. The number of nitrogens with zero attached hydrogens (tertiary/aromatic N) is 5. The Morgan fingerprint density at radius 3 is 2.37 bits per heavy atom. The Balaban J connectivity index is 1.61. The van der Waals surface area contributed by atoms with Crippen molar-refractivity contribution >= 4 is 0 Å². The largest absolute Gasteiger partial charge is 0.390 e. The second-order valence-corrected chi connectivity index (χ2v) is 5.17. The fraction of sp³-hybridized carbons (Fsp3) is 0.846. The Morgan fingerprint density at radius 1 is 1.11 bits per heavy atom. The number of hydrogen-bond acceptors (Lipinski definition) is 5. The van der Waals surface area contributed by atoms with E-state index in [4.69, 9.17) is 5.11 Å². The van der Waals surface area contributed by atoms with Gasteiger partial charge in [-0.1, -0.05) is 12.1 Å². The summed E-state index contributed by atoms with van der Waals surface area (Å²) in [5.74, 6) is 0. The van der Waals surface area contributed by atoms with Crippen molar-refractivity contribution in [3.63, 3.8) is 0 Å². The van der Waals surface area contributed by atoms with Gasteiger partial charge in [-0.05, 0) is 19.4 Å². The smallest absolute Gasteiger partial charge is 0.108 e. The highest BCUT2D eigenvalue weighted by Crippen LogP contribution is 2.04. The highest BCUT2D eigenvalue weighted by atomic mass is 16.3. The molecule has 0 atom stereocenters. The summed E-state index contributed by atoms with van der Waals surface area (Å²) in [5.41, 5.74) is 0.646. The monoisotopic (exact) mass is 267 g/mol. The number of piperazine rings is 1. The van der Waals surface area contributed by atoms with E-state index >= 15 is 0 Å². The average molecular weight is 267 g/mol. The number of aromatic nitrogens is 3. The Bertz CT molecular complexity index is 360. The molecule has 0 aromatic carbocycles. The number of hydrogen-bond donors (Lipinski definition) is 1. The zero-order chi connectivity index (χ0) is 13.5. The molecule has 1 aliphatic heterocycles. The Labute approximate surface area is 115 Å². The molecule has 1 aromatic heterocycles. The second-order valence-electron chi connectivity index (χ2n) is 5.17. The number of rotatable bonds is 7. The van der Waals surface area contributed by atoms with E-state index in [0.29, 0.717) is 5.69 Å². The van der Waals surface area contributed by atoms with Gasteiger partial charge in [0.1, 0.15) is 5.69 Å². The Hall–Kier alpha value is -0.980. The molecule has 0 saturated carbocycles. The average Bonchev–Trinajstić information content (AvgIpc) is 2.89. The summed E-state index contributed by atoms with van der Waals surface area (Å²) in [4.78, 5) is 5.07. The Morgan fingerprint density at radius 2 is 1.79 bits per heavy atom. The molecule has 2 rings (SSSR count). The molecular weight excluding hydrogens is 242 g/mol. The number of aliphatic hydroxyl groups is 1. The van der Waals surface area contributed by atoms with Crippen LogP contribution in [0.25, 0.3) is 0 Å². The maximum Gasteiger partial charge on any atom is 0.108 e. The first-order valence-corrected chi connectivity index (χ1v) is 7.26. The van der Waals surface area contributed by atoms with Gasteiger partial charge in [0, 0.05) is 39.3 Å². The summed E-state index contributed by atoms with van der Waals surface area (Å²) in [7, 11) is 0. The van der Waals surface area contributed by atoms with Gasteiger partial charge < -0.3 is 14.9 Å². The van der Waals surface area contributed by atoms with Crippen LogP contribution in [0.3, 0.4) is 0 Å². The van der Waals surface area contributed by atoms with Crippen molar-refractivity contribution in [1.82, 2.24) is 24.8 Å². The van der Waals surface area contributed by atoms with E-state index in [1.165, 1.54) is 39.1 Å². The van der Waals surface area contributed by atoms with E-state index in [2.05, 4.69) is 27.0 Å². The molecule has 0 spiro atoms. The van der Waals surface area contributed by atoms with Gasteiger partial charge in [0.05, 0.1) is 12.8 Å². The third kappa shape index (κ3) is 4.56. The third-order valence-electron chi connectivity index (χ3n) is 3.61. The molecule has 1 saturated heterocycles. The standard InChI is InChI=1S/C13H25N5O/c1-2-4-16-7-9-17(10-8-16)5-3-6-18-11-13(12-19)14-15-18/h11,19H,2-10,12H2,1H3. The molecule has 0 amide bonds. The van der Waals surface area contributed by atoms with Crippen LogP contribution < -0.4 is 0 Å². The van der Waals surface area contributed by atoms with Crippen LogP contribution in [0.1, 0.15) is 25.5 Å². The topological polar surface area (TPSA) is 57.4 Å². The van der Waals surface area contributed by atoms with Crippen LogP contribution in [0.15, 0.2) is 6.20 Å². The van der Waals surface area contributed by atoms with Crippen LogP contribution in [0, 0.1) is 0 Å². The summed E-state index contributed by atoms with van der Waals surface area (Å²) >= 11 is 0. The first-order chi connectivity index (χ1) is 9.31. The first kappa shape index (κ1) is 14.4. The molecule has 0 unspecified atom stereocenters. The van der Waals surface area contributed by atoms with Gasteiger partial charge in [0.2, 0.25) is 0 Å².